The second kappa shape index (κ2) is 6.92. The lowest BCUT2D eigenvalue weighted by atomic mass is 10.1. The Morgan fingerprint density at radius 3 is 3.00 bits per heavy atom. The van der Waals surface area contributed by atoms with Gasteiger partial charge in [-0.25, -0.2) is 0 Å². The number of nitrogens with zero attached hydrogens (tertiary/aromatic N) is 2. The van der Waals surface area contributed by atoms with Crippen LogP contribution in [-0.4, -0.2) is 54.2 Å². The van der Waals surface area contributed by atoms with Crippen LogP contribution >= 0.6 is 0 Å². The molecule has 1 aliphatic heterocycles. The van der Waals surface area contributed by atoms with Crippen molar-refractivity contribution in [3.8, 4) is 0 Å². The van der Waals surface area contributed by atoms with Crippen molar-refractivity contribution in [3.63, 3.8) is 0 Å². The topological polar surface area (TPSA) is 39.9 Å². The Bertz CT molecular complexity index is 327. The Labute approximate surface area is 109 Å². The van der Waals surface area contributed by atoms with E-state index in [4.69, 9.17) is 9.52 Å². The van der Waals surface area contributed by atoms with Crippen molar-refractivity contribution >= 4 is 0 Å². The molecule has 0 spiro atoms. The first-order chi connectivity index (χ1) is 8.79. The van der Waals surface area contributed by atoms with Gasteiger partial charge >= 0.3 is 0 Å². The molecule has 1 aromatic heterocycles. The molecule has 0 saturated carbocycles. The number of likely N-dealkylation sites (tertiary alicyclic amines) is 1. The third-order valence-corrected chi connectivity index (χ3v) is 3.83. The van der Waals surface area contributed by atoms with Crippen LogP contribution in [0, 0.1) is 0 Å². The summed E-state index contributed by atoms with van der Waals surface area (Å²) < 4.78 is 5.37. The second-order valence-corrected chi connectivity index (χ2v) is 5.14. The molecule has 1 atom stereocenters. The fraction of sp³-hybridized carbons (Fsp3) is 0.714. The van der Waals surface area contributed by atoms with Crippen molar-refractivity contribution in [2.75, 3.05) is 33.3 Å². The molecule has 2 rings (SSSR count). The summed E-state index contributed by atoms with van der Waals surface area (Å²) in [5.41, 5.74) is 0. The number of rotatable bonds is 7. The maximum Gasteiger partial charge on any atom is 0.117 e. The van der Waals surface area contributed by atoms with E-state index >= 15 is 0 Å². The van der Waals surface area contributed by atoms with Gasteiger partial charge in [-0.05, 0) is 45.0 Å². The molecule has 18 heavy (non-hydrogen) atoms. The van der Waals surface area contributed by atoms with Gasteiger partial charge in [0.15, 0.2) is 0 Å². The summed E-state index contributed by atoms with van der Waals surface area (Å²) in [6, 6.07) is 4.62. The first-order valence-corrected chi connectivity index (χ1v) is 6.85. The lowest BCUT2D eigenvalue weighted by Crippen LogP contribution is -2.33. The van der Waals surface area contributed by atoms with E-state index in [1.165, 1.54) is 25.8 Å². The molecule has 1 saturated heterocycles. The highest BCUT2D eigenvalue weighted by Gasteiger charge is 2.21. The van der Waals surface area contributed by atoms with Crippen molar-refractivity contribution < 1.29 is 9.52 Å². The van der Waals surface area contributed by atoms with Crippen molar-refractivity contribution in [1.82, 2.24) is 9.80 Å². The largest absolute Gasteiger partial charge is 0.468 e. The van der Waals surface area contributed by atoms with Crippen molar-refractivity contribution in [3.05, 3.63) is 24.2 Å². The predicted octanol–water partition coefficient (Wildman–Crippen LogP) is 1.56. The van der Waals surface area contributed by atoms with E-state index < -0.39 is 0 Å². The molecule has 102 valence electrons. The molecule has 0 radical (unpaired) electrons. The van der Waals surface area contributed by atoms with Gasteiger partial charge in [0.05, 0.1) is 19.4 Å². The number of aliphatic hydroxyl groups is 1. The van der Waals surface area contributed by atoms with Gasteiger partial charge in [-0.3, -0.25) is 4.90 Å². The second-order valence-electron chi connectivity index (χ2n) is 5.14. The Hall–Kier alpha value is -0.840. The van der Waals surface area contributed by atoms with E-state index in [0.29, 0.717) is 6.04 Å². The maximum absolute atomic E-state index is 9.13. The predicted molar refractivity (Wildman–Crippen MR) is 71.3 cm³/mol. The van der Waals surface area contributed by atoms with E-state index in [1.807, 2.05) is 12.1 Å². The monoisotopic (exact) mass is 252 g/mol. The molecular weight excluding hydrogens is 228 g/mol. The van der Waals surface area contributed by atoms with Crippen LogP contribution in [0.5, 0.6) is 0 Å². The standard InChI is InChI=1S/C14H24N2O2/c1-15-7-2-4-13(15)6-8-16(9-10-17)12-14-5-3-11-18-14/h3,5,11,13,17H,2,4,6-10,12H2,1H3/t13-/m1/s1. The summed E-state index contributed by atoms with van der Waals surface area (Å²) in [7, 11) is 2.21. The summed E-state index contributed by atoms with van der Waals surface area (Å²) in [5.74, 6) is 0.975. The molecule has 4 nitrogen and oxygen atoms in total. The van der Waals surface area contributed by atoms with E-state index in [0.717, 1.165) is 25.4 Å². The lowest BCUT2D eigenvalue weighted by molar-refractivity contribution is 0.165. The van der Waals surface area contributed by atoms with Crippen LogP contribution in [0.4, 0.5) is 0 Å². The van der Waals surface area contributed by atoms with Crippen molar-refractivity contribution in [1.29, 1.82) is 0 Å². The van der Waals surface area contributed by atoms with Crippen molar-refractivity contribution in [2.45, 2.75) is 31.8 Å². The van der Waals surface area contributed by atoms with E-state index in [9.17, 15) is 0 Å². The van der Waals surface area contributed by atoms with Crippen LogP contribution in [0.15, 0.2) is 22.8 Å². The minimum atomic E-state index is 0.210. The molecule has 0 aliphatic carbocycles. The normalized spacial score (nSPS) is 20.9. The zero-order chi connectivity index (χ0) is 12.8. The van der Waals surface area contributed by atoms with Gasteiger partial charge in [0.2, 0.25) is 0 Å². The Kier molecular flexibility index (Phi) is 5.23. The number of aliphatic hydroxyl groups excluding tert-OH is 1. The van der Waals surface area contributed by atoms with Crippen LogP contribution < -0.4 is 0 Å². The van der Waals surface area contributed by atoms with E-state index in [2.05, 4.69) is 16.8 Å². The first kappa shape index (κ1) is 13.6. The highest BCUT2D eigenvalue weighted by Crippen LogP contribution is 2.18. The highest BCUT2D eigenvalue weighted by molar-refractivity contribution is 4.97. The molecule has 0 bridgehead atoms. The summed E-state index contributed by atoms with van der Waals surface area (Å²) in [6.45, 7) is 3.97. The van der Waals surface area contributed by atoms with Gasteiger partial charge in [0.25, 0.3) is 0 Å². The molecule has 0 amide bonds. The Morgan fingerprint density at radius 2 is 2.39 bits per heavy atom. The molecule has 1 N–H and O–H groups in total. The fourth-order valence-corrected chi connectivity index (χ4v) is 2.71. The summed E-state index contributed by atoms with van der Waals surface area (Å²) in [5, 5.41) is 9.13. The van der Waals surface area contributed by atoms with Crippen LogP contribution in [0.2, 0.25) is 0 Å². The lowest BCUT2D eigenvalue weighted by Gasteiger charge is -2.25. The summed E-state index contributed by atoms with van der Waals surface area (Å²) >= 11 is 0. The molecule has 4 heteroatoms. The zero-order valence-corrected chi connectivity index (χ0v) is 11.2. The average molecular weight is 252 g/mol. The quantitative estimate of drug-likeness (QED) is 0.799. The summed E-state index contributed by atoms with van der Waals surface area (Å²) in [4.78, 5) is 4.72. The summed E-state index contributed by atoms with van der Waals surface area (Å²) in [6.07, 6.45) is 5.51. The number of hydrogen-bond donors (Lipinski definition) is 1. The highest BCUT2D eigenvalue weighted by atomic mass is 16.3. The minimum absolute atomic E-state index is 0.210. The molecule has 1 aromatic rings. The number of furan rings is 1. The molecule has 0 aromatic carbocycles. The smallest absolute Gasteiger partial charge is 0.117 e. The van der Waals surface area contributed by atoms with Crippen LogP contribution in [0.1, 0.15) is 25.0 Å². The molecule has 1 fully saturated rings. The third-order valence-electron chi connectivity index (χ3n) is 3.83. The van der Waals surface area contributed by atoms with Gasteiger partial charge in [-0.1, -0.05) is 0 Å². The van der Waals surface area contributed by atoms with Gasteiger partial charge < -0.3 is 14.4 Å². The van der Waals surface area contributed by atoms with E-state index in [1.54, 1.807) is 6.26 Å². The fourth-order valence-electron chi connectivity index (χ4n) is 2.71. The van der Waals surface area contributed by atoms with Crippen LogP contribution in [-0.2, 0) is 6.54 Å². The Balaban J connectivity index is 1.78. The molecule has 1 aliphatic rings. The van der Waals surface area contributed by atoms with Gasteiger partial charge in [0, 0.05) is 19.1 Å². The van der Waals surface area contributed by atoms with Gasteiger partial charge in [0.1, 0.15) is 5.76 Å². The average Bonchev–Trinajstić information content (AvgIpc) is 2.98. The molecule has 0 unspecified atom stereocenters. The van der Waals surface area contributed by atoms with Gasteiger partial charge in [-0.2, -0.15) is 0 Å². The maximum atomic E-state index is 9.13. The van der Waals surface area contributed by atoms with Crippen LogP contribution in [0.3, 0.4) is 0 Å². The molecular formula is C14H24N2O2. The van der Waals surface area contributed by atoms with Crippen LogP contribution in [0.25, 0.3) is 0 Å². The Morgan fingerprint density at radius 1 is 1.50 bits per heavy atom. The van der Waals surface area contributed by atoms with Crippen molar-refractivity contribution in [2.24, 2.45) is 0 Å². The first-order valence-electron chi connectivity index (χ1n) is 6.85. The SMILES string of the molecule is CN1CCC[C@@H]1CCN(CCO)Cc1ccco1. The molecule has 2 heterocycles. The minimum Gasteiger partial charge on any atom is -0.468 e. The number of hydrogen-bond acceptors (Lipinski definition) is 4. The third kappa shape index (κ3) is 3.83. The zero-order valence-electron chi connectivity index (χ0n) is 11.2. The van der Waals surface area contributed by atoms with Gasteiger partial charge in [-0.15, -0.1) is 0 Å². The van der Waals surface area contributed by atoms with E-state index in [-0.39, 0.29) is 6.61 Å².